The Morgan fingerprint density at radius 3 is 3.00 bits per heavy atom. The second-order valence-electron chi connectivity index (χ2n) is 4.69. The number of aliphatic hydroxyl groups excluding tert-OH is 1. The second-order valence-corrected chi connectivity index (χ2v) is 4.69. The van der Waals surface area contributed by atoms with E-state index >= 15 is 0 Å². The Kier molecular flexibility index (Phi) is 3.46. The number of hydrogen-bond donors (Lipinski definition) is 2. The minimum Gasteiger partial charge on any atom is -0.396 e. The molecule has 3 N–H and O–H groups in total. The Morgan fingerprint density at radius 2 is 2.25 bits per heavy atom. The van der Waals surface area contributed by atoms with Crippen molar-refractivity contribution in [3.63, 3.8) is 0 Å². The quantitative estimate of drug-likeness (QED) is 0.812. The van der Waals surface area contributed by atoms with Crippen LogP contribution in [0.5, 0.6) is 0 Å². The van der Waals surface area contributed by atoms with Crippen LogP contribution >= 0.6 is 0 Å². The standard InChI is InChI=1S/C13H20N2O/c1-10(9-16)8-15-7-6-12(14)11-4-2-3-5-13(11)15/h2-5,10,12,16H,6-9,14H2,1H3. The highest BCUT2D eigenvalue weighted by Gasteiger charge is 2.22. The summed E-state index contributed by atoms with van der Waals surface area (Å²) >= 11 is 0. The van der Waals surface area contributed by atoms with Gasteiger partial charge >= 0.3 is 0 Å². The van der Waals surface area contributed by atoms with E-state index in [0.29, 0.717) is 5.92 Å². The highest BCUT2D eigenvalue weighted by molar-refractivity contribution is 5.56. The predicted molar refractivity (Wildman–Crippen MR) is 66.5 cm³/mol. The summed E-state index contributed by atoms with van der Waals surface area (Å²) in [5, 5.41) is 9.11. The maximum Gasteiger partial charge on any atom is 0.0473 e. The number of nitrogens with two attached hydrogens (primary N) is 1. The summed E-state index contributed by atoms with van der Waals surface area (Å²) in [7, 11) is 0. The Labute approximate surface area is 96.9 Å². The number of para-hydroxylation sites is 1. The lowest BCUT2D eigenvalue weighted by atomic mass is 9.96. The topological polar surface area (TPSA) is 49.5 Å². The fourth-order valence-corrected chi connectivity index (χ4v) is 2.28. The van der Waals surface area contributed by atoms with Crippen LogP contribution < -0.4 is 10.6 Å². The normalized spacial score (nSPS) is 21.7. The lowest BCUT2D eigenvalue weighted by Gasteiger charge is -2.35. The van der Waals surface area contributed by atoms with Gasteiger partial charge in [-0.2, -0.15) is 0 Å². The zero-order chi connectivity index (χ0) is 11.5. The van der Waals surface area contributed by atoms with E-state index in [1.807, 2.05) is 12.1 Å². The summed E-state index contributed by atoms with van der Waals surface area (Å²) in [4.78, 5) is 2.33. The first-order valence-electron chi connectivity index (χ1n) is 5.92. The van der Waals surface area contributed by atoms with Crippen LogP contribution in [-0.2, 0) is 0 Å². The number of aliphatic hydroxyl groups is 1. The van der Waals surface area contributed by atoms with E-state index in [4.69, 9.17) is 10.8 Å². The monoisotopic (exact) mass is 220 g/mol. The van der Waals surface area contributed by atoms with Gasteiger partial charge in [0, 0.05) is 31.4 Å². The third-order valence-corrected chi connectivity index (χ3v) is 3.23. The summed E-state index contributed by atoms with van der Waals surface area (Å²) in [6.45, 7) is 4.20. The minimum atomic E-state index is 0.164. The van der Waals surface area contributed by atoms with Crippen LogP contribution in [0, 0.1) is 5.92 Å². The summed E-state index contributed by atoms with van der Waals surface area (Å²) in [5.41, 5.74) is 8.57. The van der Waals surface area contributed by atoms with E-state index in [2.05, 4.69) is 24.0 Å². The molecule has 2 unspecified atom stereocenters. The Bertz CT molecular complexity index is 354. The molecule has 1 aromatic rings. The van der Waals surface area contributed by atoms with Gasteiger partial charge in [-0.3, -0.25) is 0 Å². The molecule has 0 radical (unpaired) electrons. The number of rotatable bonds is 3. The van der Waals surface area contributed by atoms with Gasteiger partial charge in [0.15, 0.2) is 0 Å². The largest absolute Gasteiger partial charge is 0.396 e. The van der Waals surface area contributed by atoms with Crippen molar-refractivity contribution in [3.8, 4) is 0 Å². The minimum absolute atomic E-state index is 0.164. The molecule has 3 heteroatoms. The fourth-order valence-electron chi connectivity index (χ4n) is 2.28. The molecule has 1 aliphatic heterocycles. The molecule has 88 valence electrons. The van der Waals surface area contributed by atoms with Gasteiger partial charge < -0.3 is 15.7 Å². The average molecular weight is 220 g/mol. The number of nitrogens with zero attached hydrogens (tertiary/aromatic N) is 1. The van der Waals surface area contributed by atoms with Crippen LogP contribution in [0.25, 0.3) is 0 Å². The highest BCUT2D eigenvalue weighted by Crippen LogP contribution is 2.32. The van der Waals surface area contributed by atoms with Crippen molar-refractivity contribution in [2.75, 3.05) is 24.6 Å². The van der Waals surface area contributed by atoms with Gasteiger partial charge in [0.25, 0.3) is 0 Å². The maximum absolute atomic E-state index is 9.11. The van der Waals surface area contributed by atoms with Crippen molar-refractivity contribution in [3.05, 3.63) is 29.8 Å². The average Bonchev–Trinajstić information content (AvgIpc) is 2.33. The van der Waals surface area contributed by atoms with Crippen molar-refractivity contribution in [2.45, 2.75) is 19.4 Å². The molecule has 2 rings (SSSR count). The van der Waals surface area contributed by atoms with Crippen molar-refractivity contribution in [1.29, 1.82) is 0 Å². The molecule has 0 aliphatic carbocycles. The third kappa shape index (κ3) is 2.20. The van der Waals surface area contributed by atoms with Crippen LogP contribution in [-0.4, -0.2) is 24.8 Å². The molecule has 2 atom stereocenters. The van der Waals surface area contributed by atoms with E-state index in [1.54, 1.807) is 0 Å². The lowest BCUT2D eigenvalue weighted by molar-refractivity contribution is 0.238. The van der Waals surface area contributed by atoms with E-state index in [9.17, 15) is 0 Å². The van der Waals surface area contributed by atoms with Gasteiger partial charge in [0.05, 0.1) is 0 Å². The number of benzene rings is 1. The molecule has 0 aromatic heterocycles. The van der Waals surface area contributed by atoms with Gasteiger partial charge in [-0.05, 0) is 24.0 Å². The molecule has 0 saturated carbocycles. The Morgan fingerprint density at radius 1 is 1.50 bits per heavy atom. The SMILES string of the molecule is CC(CO)CN1CCC(N)c2ccccc21. The molecule has 0 amide bonds. The zero-order valence-electron chi connectivity index (χ0n) is 9.76. The van der Waals surface area contributed by atoms with E-state index in [-0.39, 0.29) is 12.6 Å². The fraction of sp³-hybridized carbons (Fsp3) is 0.538. The van der Waals surface area contributed by atoms with Gasteiger partial charge in [-0.1, -0.05) is 25.1 Å². The summed E-state index contributed by atoms with van der Waals surface area (Å²) in [5.74, 6) is 0.308. The van der Waals surface area contributed by atoms with Crippen LogP contribution in [0.3, 0.4) is 0 Å². The van der Waals surface area contributed by atoms with Crippen molar-refractivity contribution >= 4 is 5.69 Å². The Hall–Kier alpha value is -1.06. The van der Waals surface area contributed by atoms with E-state index < -0.39 is 0 Å². The van der Waals surface area contributed by atoms with Gasteiger partial charge in [0.1, 0.15) is 0 Å². The molecular weight excluding hydrogens is 200 g/mol. The molecular formula is C13H20N2O. The molecule has 0 spiro atoms. The predicted octanol–water partition coefficient (Wildman–Crippen LogP) is 1.52. The molecule has 0 bridgehead atoms. The molecule has 1 heterocycles. The summed E-state index contributed by atoms with van der Waals surface area (Å²) in [6.07, 6.45) is 0.995. The van der Waals surface area contributed by atoms with Crippen molar-refractivity contribution in [2.24, 2.45) is 11.7 Å². The third-order valence-electron chi connectivity index (χ3n) is 3.23. The first kappa shape index (κ1) is 11.4. The van der Waals surface area contributed by atoms with Crippen LogP contribution in [0.15, 0.2) is 24.3 Å². The van der Waals surface area contributed by atoms with Crippen molar-refractivity contribution in [1.82, 2.24) is 0 Å². The molecule has 3 nitrogen and oxygen atoms in total. The first-order valence-corrected chi connectivity index (χ1v) is 5.92. The molecule has 1 aliphatic rings. The van der Waals surface area contributed by atoms with Crippen LogP contribution in [0.2, 0.25) is 0 Å². The molecule has 16 heavy (non-hydrogen) atoms. The van der Waals surface area contributed by atoms with E-state index in [1.165, 1.54) is 11.3 Å². The number of fused-ring (bicyclic) bond motifs is 1. The summed E-state index contributed by atoms with van der Waals surface area (Å²) < 4.78 is 0. The Balaban J connectivity index is 2.21. The maximum atomic E-state index is 9.11. The number of hydrogen-bond acceptors (Lipinski definition) is 3. The smallest absolute Gasteiger partial charge is 0.0473 e. The molecule has 0 saturated heterocycles. The summed E-state index contributed by atoms with van der Waals surface area (Å²) in [6, 6.07) is 8.48. The van der Waals surface area contributed by atoms with Crippen LogP contribution in [0.4, 0.5) is 5.69 Å². The second kappa shape index (κ2) is 4.85. The van der Waals surface area contributed by atoms with Crippen molar-refractivity contribution < 1.29 is 5.11 Å². The number of anilines is 1. The van der Waals surface area contributed by atoms with E-state index in [0.717, 1.165) is 19.5 Å². The van der Waals surface area contributed by atoms with Crippen LogP contribution in [0.1, 0.15) is 24.9 Å². The van der Waals surface area contributed by atoms with Gasteiger partial charge in [0.2, 0.25) is 0 Å². The lowest BCUT2D eigenvalue weighted by Crippen LogP contribution is -2.37. The molecule has 1 aromatic carbocycles. The zero-order valence-corrected chi connectivity index (χ0v) is 9.76. The van der Waals surface area contributed by atoms with Gasteiger partial charge in [-0.25, -0.2) is 0 Å². The highest BCUT2D eigenvalue weighted by atomic mass is 16.3. The molecule has 0 fully saturated rings. The first-order chi connectivity index (χ1) is 7.72. The van der Waals surface area contributed by atoms with Gasteiger partial charge in [-0.15, -0.1) is 0 Å².